The van der Waals surface area contributed by atoms with E-state index in [9.17, 15) is 4.79 Å². The molecule has 0 bridgehead atoms. The van der Waals surface area contributed by atoms with E-state index in [-0.39, 0.29) is 19.1 Å². The van der Waals surface area contributed by atoms with Crippen LogP contribution in [0.1, 0.15) is 10.4 Å². The summed E-state index contributed by atoms with van der Waals surface area (Å²) in [6, 6.07) is 7.04. The van der Waals surface area contributed by atoms with Crippen LogP contribution in [0.5, 0.6) is 0 Å². The van der Waals surface area contributed by atoms with Crippen LogP contribution in [0.15, 0.2) is 28.7 Å². The Kier molecular flexibility index (Phi) is 3.92. The molecule has 0 fully saturated rings. The van der Waals surface area contributed by atoms with Crippen LogP contribution in [0.25, 0.3) is 0 Å². The Hall–Kier alpha value is -0.870. The Labute approximate surface area is 84.9 Å². The van der Waals surface area contributed by atoms with Crippen molar-refractivity contribution in [3.8, 4) is 0 Å². The van der Waals surface area contributed by atoms with E-state index >= 15 is 0 Å². The molecule has 2 N–H and O–H groups in total. The summed E-state index contributed by atoms with van der Waals surface area (Å²) in [5.74, 6) is -0.165. The molecule has 0 saturated heterocycles. The lowest BCUT2D eigenvalue weighted by Gasteiger charge is -2.02. The number of halogens is 1. The summed E-state index contributed by atoms with van der Waals surface area (Å²) in [5, 5.41) is 11.0. The highest BCUT2D eigenvalue weighted by Gasteiger charge is 2.02. The van der Waals surface area contributed by atoms with Crippen molar-refractivity contribution in [3.05, 3.63) is 34.3 Å². The fourth-order valence-electron chi connectivity index (χ4n) is 0.873. The summed E-state index contributed by atoms with van der Waals surface area (Å²) in [7, 11) is 0. The van der Waals surface area contributed by atoms with Crippen molar-refractivity contribution < 1.29 is 9.90 Å². The van der Waals surface area contributed by atoms with E-state index in [1.54, 1.807) is 24.3 Å². The van der Waals surface area contributed by atoms with Crippen LogP contribution in [0.4, 0.5) is 0 Å². The number of amides is 1. The molecule has 13 heavy (non-hydrogen) atoms. The van der Waals surface area contributed by atoms with E-state index in [2.05, 4.69) is 21.2 Å². The second-order valence-corrected chi connectivity index (χ2v) is 3.40. The molecule has 1 aromatic carbocycles. The molecule has 0 atom stereocenters. The van der Waals surface area contributed by atoms with E-state index < -0.39 is 0 Å². The molecule has 0 spiro atoms. The van der Waals surface area contributed by atoms with Crippen molar-refractivity contribution in [1.82, 2.24) is 5.32 Å². The third-order valence-electron chi connectivity index (χ3n) is 1.50. The lowest BCUT2D eigenvalue weighted by Crippen LogP contribution is -2.26. The molecule has 0 heterocycles. The number of carbonyl (C=O) groups is 1. The Morgan fingerprint density at radius 3 is 2.54 bits per heavy atom. The molecule has 0 aliphatic carbocycles. The fraction of sp³-hybridized carbons (Fsp3) is 0.222. The molecule has 0 unspecified atom stereocenters. The predicted octanol–water partition coefficient (Wildman–Crippen LogP) is 1.17. The minimum absolute atomic E-state index is 0.0394. The third kappa shape index (κ3) is 3.16. The highest BCUT2D eigenvalue weighted by molar-refractivity contribution is 9.10. The Bertz CT molecular complexity index is 284. The summed E-state index contributed by atoms with van der Waals surface area (Å²) in [6.07, 6.45) is 0. The van der Waals surface area contributed by atoms with Crippen molar-refractivity contribution in [2.24, 2.45) is 0 Å². The molecule has 4 heteroatoms. The van der Waals surface area contributed by atoms with Gasteiger partial charge in [0.05, 0.1) is 6.61 Å². The number of aliphatic hydroxyl groups is 1. The lowest BCUT2D eigenvalue weighted by molar-refractivity contribution is 0.0945. The van der Waals surface area contributed by atoms with Crippen LogP contribution < -0.4 is 5.32 Å². The number of aliphatic hydroxyl groups excluding tert-OH is 1. The van der Waals surface area contributed by atoms with Gasteiger partial charge in [0.15, 0.2) is 0 Å². The van der Waals surface area contributed by atoms with Crippen molar-refractivity contribution in [1.29, 1.82) is 0 Å². The molecule has 0 aliphatic heterocycles. The Morgan fingerprint density at radius 2 is 2.00 bits per heavy atom. The first-order valence-corrected chi connectivity index (χ1v) is 4.68. The molecular formula is C9H10BrNO2. The fourth-order valence-corrected chi connectivity index (χ4v) is 1.14. The minimum atomic E-state index is -0.165. The average molecular weight is 244 g/mol. The highest BCUT2D eigenvalue weighted by Crippen LogP contribution is 2.10. The molecule has 3 nitrogen and oxygen atoms in total. The van der Waals surface area contributed by atoms with Gasteiger partial charge in [-0.1, -0.05) is 15.9 Å². The zero-order chi connectivity index (χ0) is 9.68. The largest absolute Gasteiger partial charge is 0.395 e. The van der Waals surface area contributed by atoms with Crippen LogP contribution in [0.3, 0.4) is 0 Å². The van der Waals surface area contributed by atoms with Gasteiger partial charge in [-0.05, 0) is 24.3 Å². The van der Waals surface area contributed by atoms with E-state index in [1.807, 2.05) is 0 Å². The van der Waals surface area contributed by atoms with Crippen LogP contribution in [-0.4, -0.2) is 24.2 Å². The van der Waals surface area contributed by atoms with Gasteiger partial charge in [0.1, 0.15) is 0 Å². The minimum Gasteiger partial charge on any atom is -0.395 e. The first kappa shape index (κ1) is 10.2. The van der Waals surface area contributed by atoms with Gasteiger partial charge in [0.25, 0.3) is 5.91 Å². The monoisotopic (exact) mass is 243 g/mol. The summed E-state index contributed by atoms with van der Waals surface area (Å²) in [4.78, 5) is 11.3. The normalized spacial score (nSPS) is 9.69. The van der Waals surface area contributed by atoms with Crippen LogP contribution in [0, 0.1) is 0 Å². The van der Waals surface area contributed by atoms with Gasteiger partial charge in [-0.2, -0.15) is 0 Å². The van der Waals surface area contributed by atoms with Crippen LogP contribution in [0.2, 0.25) is 0 Å². The average Bonchev–Trinajstić information content (AvgIpc) is 2.15. The number of rotatable bonds is 3. The van der Waals surface area contributed by atoms with Crippen molar-refractivity contribution in [2.75, 3.05) is 13.2 Å². The Morgan fingerprint density at radius 1 is 1.38 bits per heavy atom. The van der Waals surface area contributed by atoms with Gasteiger partial charge < -0.3 is 10.4 Å². The predicted molar refractivity (Wildman–Crippen MR) is 53.6 cm³/mol. The molecular weight excluding hydrogens is 234 g/mol. The van der Waals surface area contributed by atoms with Crippen LogP contribution in [-0.2, 0) is 0 Å². The van der Waals surface area contributed by atoms with Gasteiger partial charge in [0, 0.05) is 16.6 Å². The summed E-state index contributed by atoms with van der Waals surface area (Å²) in [6.45, 7) is 0.247. The Balaban J connectivity index is 2.61. The van der Waals surface area contributed by atoms with Crippen molar-refractivity contribution in [3.63, 3.8) is 0 Å². The van der Waals surface area contributed by atoms with Gasteiger partial charge in [0.2, 0.25) is 0 Å². The maximum atomic E-state index is 11.3. The highest BCUT2D eigenvalue weighted by atomic mass is 79.9. The number of hydrogen-bond acceptors (Lipinski definition) is 2. The molecule has 1 aromatic rings. The van der Waals surface area contributed by atoms with Gasteiger partial charge in [-0.3, -0.25) is 4.79 Å². The lowest BCUT2D eigenvalue weighted by atomic mass is 10.2. The second kappa shape index (κ2) is 4.99. The van der Waals surface area contributed by atoms with Crippen LogP contribution >= 0.6 is 15.9 Å². The van der Waals surface area contributed by atoms with E-state index in [0.717, 1.165) is 4.47 Å². The van der Waals surface area contributed by atoms with E-state index in [1.165, 1.54) is 0 Å². The molecule has 1 amide bonds. The first-order valence-electron chi connectivity index (χ1n) is 3.88. The topological polar surface area (TPSA) is 49.3 Å². The standard InChI is InChI=1S/C9H10BrNO2/c10-8-3-1-7(2-4-8)9(13)11-5-6-12/h1-4,12H,5-6H2,(H,11,13). The summed E-state index contributed by atoms with van der Waals surface area (Å²) in [5.41, 5.74) is 0.594. The van der Waals surface area contributed by atoms with Crippen molar-refractivity contribution in [2.45, 2.75) is 0 Å². The third-order valence-corrected chi connectivity index (χ3v) is 2.03. The molecule has 1 rings (SSSR count). The van der Waals surface area contributed by atoms with Gasteiger partial charge in [-0.25, -0.2) is 0 Å². The molecule has 0 aromatic heterocycles. The molecule has 70 valence electrons. The molecule has 0 radical (unpaired) electrons. The molecule has 0 aliphatic rings. The zero-order valence-corrected chi connectivity index (χ0v) is 8.54. The molecule has 0 saturated carbocycles. The van der Waals surface area contributed by atoms with Gasteiger partial charge >= 0.3 is 0 Å². The smallest absolute Gasteiger partial charge is 0.251 e. The van der Waals surface area contributed by atoms with Gasteiger partial charge in [-0.15, -0.1) is 0 Å². The van der Waals surface area contributed by atoms with E-state index in [0.29, 0.717) is 5.56 Å². The number of benzene rings is 1. The van der Waals surface area contributed by atoms with Crippen molar-refractivity contribution >= 4 is 21.8 Å². The zero-order valence-electron chi connectivity index (χ0n) is 6.96. The number of hydrogen-bond donors (Lipinski definition) is 2. The summed E-state index contributed by atoms with van der Waals surface area (Å²) >= 11 is 3.28. The quantitative estimate of drug-likeness (QED) is 0.838. The number of nitrogens with one attached hydrogen (secondary N) is 1. The first-order chi connectivity index (χ1) is 6.24. The number of carbonyl (C=O) groups excluding carboxylic acids is 1. The maximum absolute atomic E-state index is 11.3. The maximum Gasteiger partial charge on any atom is 0.251 e. The summed E-state index contributed by atoms with van der Waals surface area (Å²) < 4.78 is 0.936. The second-order valence-electron chi connectivity index (χ2n) is 2.49. The SMILES string of the molecule is O=C(NCCO)c1ccc(Br)cc1. The van der Waals surface area contributed by atoms with E-state index in [4.69, 9.17) is 5.11 Å².